The lowest BCUT2D eigenvalue weighted by Gasteiger charge is -2.18. The van der Waals surface area contributed by atoms with Gasteiger partial charge in [0.1, 0.15) is 0 Å². The van der Waals surface area contributed by atoms with Crippen LogP contribution in [0.15, 0.2) is 36.2 Å². The van der Waals surface area contributed by atoms with Crippen molar-refractivity contribution in [2.45, 2.75) is 0 Å². The number of hydrogen-bond donors (Lipinski definition) is 3. The smallest absolute Gasteiger partial charge is 0.0845 e. The van der Waals surface area contributed by atoms with Crippen LogP contribution in [0.5, 0.6) is 0 Å². The second-order valence-corrected chi connectivity index (χ2v) is 2.64. The normalized spacial score (nSPS) is 13.9. The van der Waals surface area contributed by atoms with Crippen molar-refractivity contribution in [2.75, 3.05) is 17.2 Å². The Morgan fingerprint density at radius 3 is 2.67 bits per heavy atom. The lowest BCUT2D eigenvalue weighted by atomic mass is 10.2. The average Bonchev–Trinajstić information content (AvgIpc) is 2.17. The van der Waals surface area contributed by atoms with Gasteiger partial charge in [-0.05, 0) is 12.1 Å². The maximum absolute atomic E-state index is 8.85. The van der Waals surface area contributed by atoms with Gasteiger partial charge in [0.25, 0.3) is 0 Å². The molecule has 0 fully saturated rings. The van der Waals surface area contributed by atoms with Crippen LogP contribution in [-0.2, 0) is 0 Å². The zero-order valence-electron chi connectivity index (χ0n) is 6.54. The Balaban J connectivity index is 2.31. The fraction of sp³-hybridized carbons (Fsp3) is 0.111. The number of para-hydroxylation sites is 2. The van der Waals surface area contributed by atoms with Gasteiger partial charge < -0.3 is 15.7 Å². The quantitative estimate of drug-likeness (QED) is 0.584. The third-order valence-corrected chi connectivity index (χ3v) is 1.79. The number of nitrogens with one attached hydrogen (secondary N) is 2. The topological polar surface area (TPSA) is 44.3 Å². The van der Waals surface area contributed by atoms with Gasteiger partial charge in [-0.2, -0.15) is 0 Å². The first-order valence-electron chi connectivity index (χ1n) is 3.82. The molecule has 0 saturated carbocycles. The number of anilines is 2. The Hall–Kier alpha value is -1.48. The highest BCUT2D eigenvalue weighted by molar-refractivity contribution is 5.74. The van der Waals surface area contributed by atoms with Gasteiger partial charge in [-0.25, -0.2) is 0 Å². The van der Waals surface area contributed by atoms with Crippen molar-refractivity contribution in [1.29, 1.82) is 0 Å². The maximum atomic E-state index is 8.85. The molecule has 1 heterocycles. The summed E-state index contributed by atoms with van der Waals surface area (Å²) < 4.78 is 0. The van der Waals surface area contributed by atoms with Crippen molar-refractivity contribution in [2.24, 2.45) is 0 Å². The van der Waals surface area contributed by atoms with E-state index in [0.717, 1.165) is 17.1 Å². The molecule has 0 radical (unpaired) electrons. The molecule has 3 nitrogen and oxygen atoms in total. The van der Waals surface area contributed by atoms with E-state index < -0.39 is 0 Å². The predicted molar refractivity (Wildman–Crippen MR) is 48.9 cm³/mol. The first kappa shape index (κ1) is 7.18. The molecule has 12 heavy (non-hydrogen) atoms. The summed E-state index contributed by atoms with van der Waals surface area (Å²) in [6.07, 6.45) is 1.77. The summed E-state index contributed by atoms with van der Waals surface area (Å²) in [4.78, 5) is 0. The molecule has 0 saturated heterocycles. The molecule has 0 atom stereocenters. The third kappa shape index (κ3) is 1.14. The summed E-state index contributed by atoms with van der Waals surface area (Å²) in [5.74, 6) is 0. The highest BCUT2D eigenvalue weighted by Gasteiger charge is 2.06. The van der Waals surface area contributed by atoms with Crippen molar-refractivity contribution >= 4 is 11.4 Å². The lowest BCUT2D eigenvalue weighted by Crippen LogP contribution is -2.12. The van der Waals surface area contributed by atoms with E-state index in [1.807, 2.05) is 24.3 Å². The number of hydrogen-bond acceptors (Lipinski definition) is 3. The van der Waals surface area contributed by atoms with E-state index in [-0.39, 0.29) is 6.61 Å². The lowest BCUT2D eigenvalue weighted by molar-refractivity contribution is 0.332. The Morgan fingerprint density at radius 2 is 1.92 bits per heavy atom. The van der Waals surface area contributed by atoms with Crippen molar-refractivity contribution < 1.29 is 5.11 Å². The Morgan fingerprint density at radius 1 is 1.17 bits per heavy atom. The molecule has 0 bridgehead atoms. The molecular formula is C9H10N2O. The average molecular weight is 162 g/mol. The fourth-order valence-electron chi connectivity index (χ4n) is 1.18. The van der Waals surface area contributed by atoms with Crippen LogP contribution < -0.4 is 10.6 Å². The van der Waals surface area contributed by atoms with E-state index in [2.05, 4.69) is 10.6 Å². The van der Waals surface area contributed by atoms with Crippen molar-refractivity contribution in [3.05, 3.63) is 36.2 Å². The molecule has 3 heteroatoms. The number of fused-ring (bicyclic) bond motifs is 1. The summed E-state index contributed by atoms with van der Waals surface area (Å²) in [6.45, 7) is 0.0291. The van der Waals surface area contributed by atoms with E-state index in [1.165, 1.54) is 0 Å². The summed E-state index contributed by atoms with van der Waals surface area (Å²) in [5, 5.41) is 15.0. The SMILES string of the molecule is OCC1=CNc2ccccc2N1. The minimum atomic E-state index is 0.0291. The molecule has 62 valence electrons. The van der Waals surface area contributed by atoms with Crippen LogP contribution in [0.25, 0.3) is 0 Å². The van der Waals surface area contributed by atoms with E-state index in [9.17, 15) is 0 Å². The van der Waals surface area contributed by atoms with Crippen LogP contribution in [0.4, 0.5) is 11.4 Å². The Labute approximate surface area is 70.7 Å². The minimum Gasteiger partial charge on any atom is -0.390 e. The van der Waals surface area contributed by atoms with Crippen molar-refractivity contribution in [1.82, 2.24) is 0 Å². The molecule has 0 spiro atoms. The molecule has 0 aromatic heterocycles. The van der Waals surface area contributed by atoms with E-state index >= 15 is 0 Å². The Bertz CT molecular complexity index is 320. The van der Waals surface area contributed by atoms with Gasteiger partial charge in [-0.15, -0.1) is 0 Å². The second-order valence-electron chi connectivity index (χ2n) is 2.64. The van der Waals surface area contributed by atoms with Crippen LogP contribution in [0.1, 0.15) is 0 Å². The molecule has 1 aromatic carbocycles. The van der Waals surface area contributed by atoms with E-state index in [0.29, 0.717) is 0 Å². The summed E-state index contributed by atoms with van der Waals surface area (Å²) >= 11 is 0. The molecule has 1 aliphatic heterocycles. The maximum Gasteiger partial charge on any atom is 0.0845 e. The van der Waals surface area contributed by atoms with Gasteiger partial charge in [0, 0.05) is 6.20 Å². The molecule has 0 unspecified atom stereocenters. The molecule has 1 aliphatic rings. The summed E-state index contributed by atoms with van der Waals surface area (Å²) in [6, 6.07) is 7.86. The third-order valence-electron chi connectivity index (χ3n) is 1.79. The number of benzene rings is 1. The highest BCUT2D eigenvalue weighted by atomic mass is 16.3. The monoisotopic (exact) mass is 162 g/mol. The number of aliphatic hydroxyl groups is 1. The van der Waals surface area contributed by atoms with Crippen LogP contribution in [0.2, 0.25) is 0 Å². The second kappa shape index (κ2) is 2.87. The van der Waals surface area contributed by atoms with E-state index in [4.69, 9.17) is 5.11 Å². The first-order valence-corrected chi connectivity index (χ1v) is 3.82. The Kier molecular flexibility index (Phi) is 1.72. The van der Waals surface area contributed by atoms with Gasteiger partial charge >= 0.3 is 0 Å². The highest BCUT2D eigenvalue weighted by Crippen LogP contribution is 2.25. The van der Waals surface area contributed by atoms with Crippen LogP contribution in [0.3, 0.4) is 0 Å². The van der Waals surface area contributed by atoms with Gasteiger partial charge in [0.05, 0.1) is 23.7 Å². The zero-order valence-corrected chi connectivity index (χ0v) is 6.54. The van der Waals surface area contributed by atoms with Crippen molar-refractivity contribution in [3.63, 3.8) is 0 Å². The van der Waals surface area contributed by atoms with Gasteiger partial charge in [0.2, 0.25) is 0 Å². The van der Waals surface area contributed by atoms with Crippen molar-refractivity contribution in [3.8, 4) is 0 Å². The molecule has 1 aromatic rings. The molecule has 3 N–H and O–H groups in total. The molecular weight excluding hydrogens is 152 g/mol. The van der Waals surface area contributed by atoms with Gasteiger partial charge in [-0.1, -0.05) is 12.1 Å². The number of rotatable bonds is 1. The molecule has 0 amide bonds. The summed E-state index contributed by atoms with van der Waals surface area (Å²) in [7, 11) is 0. The largest absolute Gasteiger partial charge is 0.390 e. The van der Waals surface area contributed by atoms with Gasteiger partial charge in [-0.3, -0.25) is 0 Å². The zero-order chi connectivity index (χ0) is 8.39. The minimum absolute atomic E-state index is 0.0291. The molecule has 2 rings (SSSR count). The van der Waals surface area contributed by atoms with Crippen LogP contribution >= 0.6 is 0 Å². The van der Waals surface area contributed by atoms with Crippen LogP contribution in [-0.4, -0.2) is 11.7 Å². The first-order chi connectivity index (χ1) is 5.90. The fourth-order valence-corrected chi connectivity index (χ4v) is 1.18. The van der Waals surface area contributed by atoms with Crippen LogP contribution in [0, 0.1) is 0 Å². The summed E-state index contributed by atoms with van der Waals surface area (Å²) in [5.41, 5.74) is 2.83. The standard InChI is InChI=1S/C9H10N2O/c12-6-7-5-10-8-3-1-2-4-9(8)11-7/h1-5,10-12H,6H2. The number of aliphatic hydroxyl groups excluding tert-OH is 1. The predicted octanol–water partition coefficient (Wildman–Crippen LogP) is 1.36. The van der Waals surface area contributed by atoms with E-state index in [1.54, 1.807) is 6.20 Å². The molecule has 0 aliphatic carbocycles. The van der Waals surface area contributed by atoms with Gasteiger partial charge in [0.15, 0.2) is 0 Å².